The summed E-state index contributed by atoms with van der Waals surface area (Å²) in [4.78, 5) is 15.3. The van der Waals surface area contributed by atoms with Crippen molar-refractivity contribution >= 4 is 82.1 Å². The molecule has 0 aliphatic carbocycles. The standard InChI is InChI=1S/C39H22N4O/c1-2-9-23(10-3-1)37-40-38-27-14-7-12-25(20-27)24-11-6-13-26(19-24)28-16-8-18-34-36(28)31-21-33-30(22-35(31)44-34)29-15-4-5-17-32(29)43(33)39(41-37)42-38/h1-22H. The van der Waals surface area contributed by atoms with Crippen LogP contribution in [0.2, 0.25) is 0 Å². The van der Waals surface area contributed by atoms with Crippen LogP contribution in [0, 0.1) is 0 Å². The van der Waals surface area contributed by atoms with E-state index >= 15 is 0 Å². The second-order valence-corrected chi connectivity index (χ2v) is 11.3. The molecule has 10 rings (SSSR count). The number of rotatable bonds is 1. The fourth-order valence-electron chi connectivity index (χ4n) is 6.76. The van der Waals surface area contributed by atoms with Crippen molar-refractivity contribution in [3.8, 4) is 11.4 Å². The molecule has 6 aromatic carbocycles. The lowest BCUT2D eigenvalue weighted by atomic mass is 10.0. The lowest BCUT2D eigenvalue weighted by molar-refractivity contribution is 0.669. The molecule has 0 atom stereocenters. The number of benzene rings is 6. The molecule has 0 spiro atoms. The summed E-state index contributed by atoms with van der Waals surface area (Å²) in [5.74, 6) is 1.21. The van der Waals surface area contributed by atoms with Crippen LogP contribution < -0.4 is 0 Å². The Labute approximate surface area is 250 Å². The van der Waals surface area contributed by atoms with Crippen LogP contribution in [0.25, 0.3) is 93.5 Å². The first-order chi connectivity index (χ1) is 21.8. The summed E-state index contributed by atoms with van der Waals surface area (Å²) in [6, 6.07) is 46.5. The van der Waals surface area contributed by atoms with E-state index in [1.165, 1.54) is 0 Å². The van der Waals surface area contributed by atoms with Gasteiger partial charge in [0, 0.05) is 32.5 Å². The van der Waals surface area contributed by atoms with Gasteiger partial charge in [0.1, 0.15) is 11.2 Å². The molecule has 0 amide bonds. The second-order valence-electron chi connectivity index (χ2n) is 11.3. The Bertz CT molecular complexity index is 2830. The first kappa shape index (κ1) is 23.5. The summed E-state index contributed by atoms with van der Waals surface area (Å²) in [5, 5.41) is 9.80. The minimum Gasteiger partial charge on any atom is -0.456 e. The third-order valence-corrected chi connectivity index (χ3v) is 8.77. The van der Waals surface area contributed by atoms with Crippen LogP contribution in [0.4, 0.5) is 0 Å². The molecule has 0 aliphatic rings. The van der Waals surface area contributed by atoms with Gasteiger partial charge < -0.3 is 4.42 Å². The quantitative estimate of drug-likeness (QED) is 0.200. The van der Waals surface area contributed by atoms with Crippen LogP contribution in [0.5, 0.6) is 0 Å². The van der Waals surface area contributed by atoms with Crippen LogP contribution in [0.15, 0.2) is 138 Å². The van der Waals surface area contributed by atoms with Gasteiger partial charge in [-0.25, -0.2) is 4.98 Å². The fourth-order valence-corrected chi connectivity index (χ4v) is 6.76. The van der Waals surface area contributed by atoms with E-state index in [0.717, 1.165) is 76.2 Å². The molecule has 204 valence electrons. The molecule has 0 saturated carbocycles. The van der Waals surface area contributed by atoms with Crippen molar-refractivity contribution in [1.29, 1.82) is 0 Å². The van der Waals surface area contributed by atoms with Crippen LogP contribution >= 0.6 is 0 Å². The van der Waals surface area contributed by atoms with Gasteiger partial charge >= 0.3 is 0 Å². The van der Waals surface area contributed by atoms with Crippen molar-refractivity contribution < 1.29 is 4.42 Å². The lowest BCUT2D eigenvalue weighted by Crippen LogP contribution is -1.98. The minimum absolute atomic E-state index is 0.577. The number of furan rings is 1. The molecule has 0 N–H and O–H groups in total. The highest BCUT2D eigenvalue weighted by molar-refractivity contribution is 6.22. The number of aromatic nitrogens is 4. The predicted octanol–water partition coefficient (Wildman–Crippen LogP) is 10.0. The second kappa shape index (κ2) is 8.72. The predicted molar refractivity (Wildman–Crippen MR) is 180 cm³/mol. The molecule has 5 heteroatoms. The first-order valence-corrected chi connectivity index (χ1v) is 14.7. The highest BCUT2D eigenvalue weighted by Crippen LogP contribution is 2.39. The van der Waals surface area contributed by atoms with Gasteiger partial charge in [-0.1, -0.05) is 97.1 Å². The van der Waals surface area contributed by atoms with Gasteiger partial charge in [-0.3, -0.25) is 4.40 Å². The maximum Gasteiger partial charge on any atom is 0.238 e. The molecular weight excluding hydrogens is 540 g/mol. The summed E-state index contributed by atoms with van der Waals surface area (Å²) in [6.45, 7) is 0. The third-order valence-electron chi connectivity index (χ3n) is 8.77. The maximum absolute atomic E-state index is 6.54. The summed E-state index contributed by atoms with van der Waals surface area (Å²) in [7, 11) is 0. The molecule has 10 aromatic rings. The van der Waals surface area contributed by atoms with Gasteiger partial charge in [-0.2, -0.15) is 9.97 Å². The topological polar surface area (TPSA) is 56.2 Å². The SMILES string of the molecule is c1ccc(-c2nc3nc(n2)n2c4ccccc4c4cc5oc6cccc(c7cccc(c7)c7cccc3c7)c6c5cc42)cc1. The first-order valence-electron chi connectivity index (χ1n) is 14.7. The van der Waals surface area contributed by atoms with E-state index in [4.69, 9.17) is 19.4 Å². The average molecular weight is 563 g/mol. The van der Waals surface area contributed by atoms with Crippen molar-refractivity contribution in [2.45, 2.75) is 0 Å². The summed E-state index contributed by atoms with van der Waals surface area (Å²) in [5.41, 5.74) is 5.34. The smallest absolute Gasteiger partial charge is 0.238 e. The van der Waals surface area contributed by atoms with Gasteiger partial charge in [0.15, 0.2) is 11.5 Å². The van der Waals surface area contributed by atoms with Gasteiger partial charge in [0.05, 0.1) is 11.0 Å². The molecule has 0 radical (unpaired) electrons. The molecular formula is C39H22N4O. The van der Waals surface area contributed by atoms with E-state index in [1.54, 1.807) is 0 Å². The number of hydrogen-bond donors (Lipinski definition) is 0. The van der Waals surface area contributed by atoms with Gasteiger partial charge in [0.25, 0.3) is 0 Å². The molecule has 5 nitrogen and oxygen atoms in total. The van der Waals surface area contributed by atoms with Gasteiger partial charge in [0.2, 0.25) is 5.78 Å². The molecule has 44 heavy (non-hydrogen) atoms. The van der Waals surface area contributed by atoms with E-state index in [2.05, 4.69) is 108 Å². The van der Waals surface area contributed by atoms with Crippen molar-refractivity contribution in [2.24, 2.45) is 0 Å². The van der Waals surface area contributed by atoms with Crippen molar-refractivity contribution in [3.05, 3.63) is 133 Å². The monoisotopic (exact) mass is 562 g/mol. The Kier molecular flexibility index (Phi) is 4.66. The maximum atomic E-state index is 6.54. The highest BCUT2D eigenvalue weighted by atomic mass is 16.3. The molecule has 4 heterocycles. The Morgan fingerprint density at radius 1 is 0.455 bits per heavy atom. The summed E-state index contributed by atoms with van der Waals surface area (Å²) in [6.07, 6.45) is 0. The largest absolute Gasteiger partial charge is 0.456 e. The summed E-state index contributed by atoms with van der Waals surface area (Å²) < 4.78 is 8.71. The van der Waals surface area contributed by atoms with E-state index in [0.29, 0.717) is 17.2 Å². The molecule has 8 bridgehead atoms. The third kappa shape index (κ3) is 3.32. The Morgan fingerprint density at radius 2 is 1.18 bits per heavy atom. The zero-order valence-corrected chi connectivity index (χ0v) is 23.4. The Balaban J connectivity index is 1.55. The Morgan fingerprint density at radius 3 is 2.07 bits per heavy atom. The van der Waals surface area contributed by atoms with Crippen molar-refractivity contribution in [2.75, 3.05) is 0 Å². The van der Waals surface area contributed by atoms with E-state index in [1.807, 2.05) is 30.3 Å². The molecule has 0 aliphatic heterocycles. The van der Waals surface area contributed by atoms with Crippen LogP contribution in [-0.4, -0.2) is 19.4 Å². The number of nitrogens with zero attached hydrogens (tertiary/aromatic N) is 4. The highest BCUT2D eigenvalue weighted by Gasteiger charge is 2.17. The van der Waals surface area contributed by atoms with Crippen molar-refractivity contribution in [1.82, 2.24) is 19.4 Å². The van der Waals surface area contributed by atoms with E-state index < -0.39 is 0 Å². The number of hydrogen-bond acceptors (Lipinski definition) is 4. The van der Waals surface area contributed by atoms with E-state index in [-0.39, 0.29) is 0 Å². The van der Waals surface area contributed by atoms with Crippen LogP contribution in [-0.2, 0) is 0 Å². The number of fused-ring (bicyclic) bond motifs is 13. The average Bonchev–Trinajstić information content (AvgIpc) is 3.62. The van der Waals surface area contributed by atoms with Crippen LogP contribution in [0.1, 0.15) is 0 Å². The molecule has 4 aromatic heterocycles. The van der Waals surface area contributed by atoms with Gasteiger partial charge in [-0.15, -0.1) is 0 Å². The van der Waals surface area contributed by atoms with Crippen molar-refractivity contribution in [3.63, 3.8) is 0 Å². The van der Waals surface area contributed by atoms with Crippen LogP contribution in [0.3, 0.4) is 0 Å². The van der Waals surface area contributed by atoms with E-state index in [9.17, 15) is 0 Å². The Hall–Kier alpha value is -6.07. The normalized spacial score (nSPS) is 12.1. The summed E-state index contributed by atoms with van der Waals surface area (Å²) >= 11 is 0. The fraction of sp³-hybridized carbons (Fsp3) is 0. The van der Waals surface area contributed by atoms with Gasteiger partial charge in [-0.05, 0) is 57.9 Å². The number of para-hydroxylation sites is 1. The minimum atomic E-state index is 0.577. The molecule has 0 fully saturated rings. The molecule has 0 unspecified atom stereocenters. The molecule has 0 saturated heterocycles. The zero-order chi connectivity index (χ0) is 28.8. The lowest BCUT2D eigenvalue weighted by Gasteiger charge is -2.04. The zero-order valence-electron chi connectivity index (χ0n) is 23.4.